The molecule has 0 aromatic heterocycles. The molecular formula is C15H30N2O. The molecular weight excluding hydrogens is 224 g/mol. The predicted octanol–water partition coefficient (Wildman–Crippen LogP) is 2.30. The van der Waals surface area contributed by atoms with Gasteiger partial charge in [0.05, 0.1) is 6.10 Å². The van der Waals surface area contributed by atoms with E-state index in [0.29, 0.717) is 17.4 Å². The van der Waals surface area contributed by atoms with Crippen LogP contribution in [0.4, 0.5) is 0 Å². The molecule has 0 bridgehead atoms. The predicted molar refractivity (Wildman–Crippen MR) is 75.6 cm³/mol. The molecule has 2 aliphatic rings. The summed E-state index contributed by atoms with van der Waals surface area (Å²) in [5.74, 6) is 0.713. The average Bonchev–Trinajstić information content (AvgIpc) is 2.82. The third kappa shape index (κ3) is 3.69. The summed E-state index contributed by atoms with van der Waals surface area (Å²) in [6, 6.07) is 0. The third-order valence-corrected chi connectivity index (χ3v) is 5.12. The van der Waals surface area contributed by atoms with Gasteiger partial charge in [0.15, 0.2) is 0 Å². The maximum atomic E-state index is 6.02. The number of nitrogens with one attached hydrogen (secondary N) is 1. The van der Waals surface area contributed by atoms with Crippen molar-refractivity contribution in [3.05, 3.63) is 0 Å². The molecule has 2 atom stereocenters. The molecule has 1 heterocycles. The summed E-state index contributed by atoms with van der Waals surface area (Å²) in [7, 11) is 0. The molecule has 0 spiro atoms. The van der Waals surface area contributed by atoms with Crippen LogP contribution in [0.25, 0.3) is 0 Å². The molecule has 1 saturated heterocycles. The normalized spacial score (nSPS) is 31.7. The van der Waals surface area contributed by atoms with E-state index >= 15 is 0 Å². The maximum Gasteiger partial charge on any atom is 0.0588 e. The summed E-state index contributed by atoms with van der Waals surface area (Å²) in [4.78, 5) is 0. The molecule has 1 saturated carbocycles. The minimum Gasteiger partial charge on any atom is -0.378 e. The van der Waals surface area contributed by atoms with Crippen molar-refractivity contribution in [3.8, 4) is 0 Å². The lowest BCUT2D eigenvalue weighted by atomic mass is 9.72. The van der Waals surface area contributed by atoms with Gasteiger partial charge in [0, 0.05) is 13.2 Å². The number of rotatable bonds is 6. The van der Waals surface area contributed by atoms with Crippen LogP contribution in [-0.4, -0.2) is 32.3 Å². The van der Waals surface area contributed by atoms with Gasteiger partial charge in [-0.25, -0.2) is 0 Å². The fraction of sp³-hybridized carbons (Fsp3) is 1.00. The molecule has 3 N–H and O–H groups in total. The van der Waals surface area contributed by atoms with Gasteiger partial charge >= 0.3 is 0 Å². The van der Waals surface area contributed by atoms with Gasteiger partial charge in [-0.15, -0.1) is 0 Å². The first-order valence-corrected chi connectivity index (χ1v) is 7.78. The SMILES string of the molecule is CC1OCCC1CNCCC1(CN)CCCCC1. The Kier molecular flexibility index (Phi) is 5.46. The second-order valence-corrected chi connectivity index (χ2v) is 6.34. The Morgan fingerprint density at radius 2 is 2.06 bits per heavy atom. The van der Waals surface area contributed by atoms with Crippen molar-refractivity contribution in [1.29, 1.82) is 0 Å². The monoisotopic (exact) mass is 254 g/mol. The lowest BCUT2D eigenvalue weighted by Gasteiger charge is -2.36. The van der Waals surface area contributed by atoms with E-state index in [1.54, 1.807) is 0 Å². The Morgan fingerprint density at radius 1 is 1.28 bits per heavy atom. The van der Waals surface area contributed by atoms with Gasteiger partial charge in [-0.05, 0) is 57.0 Å². The van der Waals surface area contributed by atoms with Crippen LogP contribution in [0, 0.1) is 11.3 Å². The van der Waals surface area contributed by atoms with Gasteiger partial charge in [-0.2, -0.15) is 0 Å². The summed E-state index contributed by atoms with van der Waals surface area (Å²) in [6.45, 7) is 6.25. The molecule has 0 radical (unpaired) electrons. The van der Waals surface area contributed by atoms with Crippen LogP contribution in [0.5, 0.6) is 0 Å². The van der Waals surface area contributed by atoms with Crippen molar-refractivity contribution in [2.45, 2.75) is 58.0 Å². The molecule has 3 heteroatoms. The Balaban J connectivity index is 1.64. The van der Waals surface area contributed by atoms with Gasteiger partial charge < -0.3 is 15.8 Å². The highest BCUT2D eigenvalue weighted by Crippen LogP contribution is 2.37. The summed E-state index contributed by atoms with van der Waals surface area (Å²) in [5, 5.41) is 3.63. The van der Waals surface area contributed by atoms with Crippen LogP contribution in [0.1, 0.15) is 51.9 Å². The smallest absolute Gasteiger partial charge is 0.0588 e. The average molecular weight is 254 g/mol. The maximum absolute atomic E-state index is 6.02. The highest BCUT2D eigenvalue weighted by molar-refractivity contribution is 4.84. The zero-order chi connectivity index (χ0) is 12.8. The van der Waals surface area contributed by atoms with Crippen LogP contribution in [0.3, 0.4) is 0 Å². The van der Waals surface area contributed by atoms with E-state index in [0.717, 1.165) is 26.2 Å². The number of hydrogen-bond donors (Lipinski definition) is 2. The fourth-order valence-corrected chi connectivity index (χ4v) is 3.54. The van der Waals surface area contributed by atoms with E-state index in [1.807, 2.05) is 0 Å². The van der Waals surface area contributed by atoms with Gasteiger partial charge in [0.2, 0.25) is 0 Å². The molecule has 1 aliphatic heterocycles. The highest BCUT2D eigenvalue weighted by Gasteiger charge is 2.30. The number of hydrogen-bond acceptors (Lipinski definition) is 3. The van der Waals surface area contributed by atoms with E-state index in [2.05, 4.69) is 12.2 Å². The molecule has 18 heavy (non-hydrogen) atoms. The first-order valence-electron chi connectivity index (χ1n) is 7.78. The summed E-state index contributed by atoms with van der Waals surface area (Å²) >= 11 is 0. The van der Waals surface area contributed by atoms with E-state index < -0.39 is 0 Å². The quantitative estimate of drug-likeness (QED) is 0.715. The number of ether oxygens (including phenoxy) is 1. The van der Waals surface area contributed by atoms with E-state index in [9.17, 15) is 0 Å². The second kappa shape index (κ2) is 6.88. The van der Waals surface area contributed by atoms with Gasteiger partial charge in [0.1, 0.15) is 0 Å². The summed E-state index contributed by atoms with van der Waals surface area (Å²) in [5.41, 5.74) is 6.46. The van der Waals surface area contributed by atoms with Crippen molar-refractivity contribution in [2.24, 2.45) is 17.1 Å². The molecule has 2 fully saturated rings. The Morgan fingerprint density at radius 3 is 2.67 bits per heavy atom. The summed E-state index contributed by atoms with van der Waals surface area (Å²) < 4.78 is 5.59. The Hall–Kier alpha value is -0.120. The molecule has 2 rings (SSSR count). The van der Waals surface area contributed by atoms with Crippen molar-refractivity contribution in [2.75, 3.05) is 26.2 Å². The van der Waals surface area contributed by atoms with Crippen molar-refractivity contribution in [1.82, 2.24) is 5.32 Å². The lowest BCUT2D eigenvalue weighted by molar-refractivity contribution is 0.105. The van der Waals surface area contributed by atoms with E-state index in [-0.39, 0.29) is 0 Å². The van der Waals surface area contributed by atoms with Crippen molar-refractivity contribution >= 4 is 0 Å². The van der Waals surface area contributed by atoms with Gasteiger partial charge in [0.25, 0.3) is 0 Å². The molecule has 1 aliphatic carbocycles. The Labute approximate surface area is 112 Å². The Bertz CT molecular complexity index is 239. The molecule has 106 valence electrons. The highest BCUT2D eigenvalue weighted by atomic mass is 16.5. The number of nitrogens with two attached hydrogens (primary N) is 1. The summed E-state index contributed by atoms with van der Waals surface area (Å²) in [6.07, 6.45) is 9.77. The molecule has 2 unspecified atom stereocenters. The van der Waals surface area contributed by atoms with E-state index in [4.69, 9.17) is 10.5 Å². The minimum atomic E-state index is 0.440. The largest absolute Gasteiger partial charge is 0.378 e. The van der Waals surface area contributed by atoms with E-state index in [1.165, 1.54) is 44.9 Å². The zero-order valence-corrected chi connectivity index (χ0v) is 11.9. The fourth-order valence-electron chi connectivity index (χ4n) is 3.54. The first kappa shape index (κ1) is 14.3. The molecule has 0 amide bonds. The minimum absolute atomic E-state index is 0.440. The van der Waals surface area contributed by atoms with Gasteiger partial charge in [-0.1, -0.05) is 19.3 Å². The molecule has 0 aromatic rings. The van der Waals surface area contributed by atoms with Crippen LogP contribution < -0.4 is 11.1 Å². The van der Waals surface area contributed by atoms with Crippen LogP contribution in [0.15, 0.2) is 0 Å². The zero-order valence-electron chi connectivity index (χ0n) is 11.9. The molecule has 0 aromatic carbocycles. The van der Waals surface area contributed by atoms with Crippen LogP contribution >= 0.6 is 0 Å². The van der Waals surface area contributed by atoms with Crippen LogP contribution in [0.2, 0.25) is 0 Å². The van der Waals surface area contributed by atoms with Crippen molar-refractivity contribution < 1.29 is 4.74 Å². The third-order valence-electron chi connectivity index (χ3n) is 5.12. The second-order valence-electron chi connectivity index (χ2n) is 6.34. The first-order chi connectivity index (χ1) is 8.76. The topological polar surface area (TPSA) is 47.3 Å². The van der Waals surface area contributed by atoms with Gasteiger partial charge in [-0.3, -0.25) is 0 Å². The lowest BCUT2D eigenvalue weighted by Crippen LogP contribution is -2.37. The van der Waals surface area contributed by atoms with Crippen molar-refractivity contribution in [3.63, 3.8) is 0 Å². The standard InChI is InChI=1S/C15H30N2O/c1-13-14(5-10-18-13)11-17-9-8-15(12-16)6-3-2-4-7-15/h13-14,17H,2-12,16H2,1H3. The molecule has 3 nitrogen and oxygen atoms in total. The van der Waals surface area contributed by atoms with Crippen LogP contribution in [-0.2, 0) is 4.74 Å².